The molecule has 230 valence electrons. The van der Waals surface area contributed by atoms with Crippen LogP contribution < -0.4 is 0 Å². The van der Waals surface area contributed by atoms with Crippen LogP contribution >= 0.6 is 0 Å². The van der Waals surface area contributed by atoms with E-state index in [1.54, 1.807) is 36.4 Å². The molecule has 0 bridgehead atoms. The molecule has 0 amide bonds. The molecular formula is C50H30. The zero-order chi connectivity index (χ0) is 47.6. The van der Waals surface area contributed by atoms with Crippen LogP contribution in [-0.2, 0) is 0 Å². The first-order valence-electron chi connectivity index (χ1n) is 24.6. The fraction of sp³-hybridized carbons (Fsp3) is 0. The molecule has 0 saturated heterocycles. The highest BCUT2D eigenvalue weighted by Crippen LogP contribution is 2.46. The average Bonchev–Trinajstić information content (AvgIpc) is 3.31. The first-order valence-corrected chi connectivity index (χ1v) is 16.1. The summed E-state index contributed by atoms with van der Waals surface area (Å²) in [6, 6.07) is 15.5. The van der Waals surface area contributed by atoms with Gasteiger partial charge < -0.3 is 0 Å². The molecule has 0 radical (unpaired) electrons. The van der Waals surface area contributed by atoms with Crippen LogP contribution in [0.1, 0.15) is 23.3 Å². The van der Waals surface area contributed by atoms with E-state index in [9.17, 15) is 8.22 Å². The van der Waals surface area contributed by atoms with E-state index in [4.69, 9.17) is 15.1 Å². The number of hydrogen-bond acceptors (Lipinski definition) is 0. The Morgan fingerprint density at radius 2 is 0.780 bits per heavy atom. The summed E-state index contributed by atoms with van der Waals surface area (Å²) in [5.41, 5.74) is 3.19. The third kappa shape index (κ3) is 3.94. The summed E-state index contributed by atoms with van der Waals surface area (Å²) in [6.07, 6.45) is 0. The van der Waals surface area contributed by atoms with Gasteiger partial charge in [0.05, 0.1) is 23.3 Å². The molecule has 11 aromatic rings. The molecule has 0 N–H and O–H groups in total. The number of hydrogen-bond donors (Lipinski definition) is 0. The van der Waals surface area contributed by atoms with E-state index in [0.29, 0.717) is 33.4 Å². The van der Waals surface area contributed by atoms with Crippen molar-refractivity contribution in [3.05, 3.63) is 182 Å². The molecule has 0 spiro atoms. The highest BCUT2D eigenvalue weighted by Gasteiger charge is 2.19. The van der Waals surface area contributed by atoms with Crippen LogP contribution in [0.15, 0.2) is 182 Å². The van der Waals surface area contributed by atoms with Crippen molar-refractivity contribution in [2.75, 3.05) is 0 Å². The summed E-state index contributed by atoms with van der Waals surface area (Å²) in [4.78, 5) is 0. The van der Waals surface area contributed by atoms with E-state index in [1.807, 2.05) is 36.4 Å². The van der Waals surface area contributed by atoms with Gasteiger partial charge in [0.2, 0.25) is 0 Å². The lowest BCUT2D eigenvalue weighted by atomic mass is 9.84. The SMILES string of the molecule is [2H]c1c(-c2ccccc2-c2ccc(-c3ccccc3)c(-c3c([2H])c([2H])c4c([2H])c([2H])c5c([2H])c([2H])c([2H])c6c([2H])c([2H])c3c4c56)c2)c2cc([2H])c3c([2H])c([2H])c([2H])c4c([2H])c([2H])c(c1[2H])c2c34. The first-order chi connectivity index (χ1) is 31.9. The van der Waals surface area contributed by atoms with Gasteiger partial charge in [0.1, 0.15) is 0 Å². The van der Waals surface area contributed by atoms with Crippen molar-refractivity contribution in [2.45, 2.75) is 0 Å². The molecule has 11 rings (SSSR count). The van der Waals surface area contributed by atoms with Crippen LogP contribution in [0.5, 0.6) is 0 Å². The molecule has 50 heavy (non-hydrogen) atoms. The summed E-state index contributed by atoms with van der Waals surface area (Å²) < 4.78 is 154. The minimum Gasteiger partial charge on any atom is -0.0622 e. The number of benzene rings is 11. The van der Waals surface area contributed by atoms with Crippen molar-refractivity contribution < 1.29 is 23.3 Å². The van der Waals surface area contributed by atoms with Crippen molar-refractivity contribution in [2.24, 2.45) is 0 Å². The summed E-state index contributed by atoms with van der Waals surface area (Å²) in [5.74, 6) is 0. The lowest BCUT2D eigenvalue weighted by molar-refractivity contribution is 1.57. The molecule has 0 heteroatoms. The van der Waals surface area contributed by atoms with Crippen LogP contribution in [0.3, 0.4) is 0 Å². The van der Waals surface area contributed by atoms with E-state index >= 15 is 0 Å². The van der Waals surface area contributed by atoms with Crippen LogP contribution in [0.2, 0.25) is 0 Å². The zero-order valence-corrected chi connectivity index (χ0v) is 26.0. The maximum atomic E-state index is 9.65. The average molecular weight is 648 g/mol. The largest absolute Gasteiger partial charge is 0.0630 e. The molecule has 0 heterocycles. The molecule has 0 aliphatic rings. The molecule has 0 aliphatic heterocycles. The topological polar surface area (TPSA) is 0 Å². The van der Waals surface area contributed by atoms with E-state index in [0.717, 1.165) is 0 Å². The van der Waals surface area contributed by atoms with E-state index in [1.165, 1.54) is 6.07 Å². The first kappa shape index (κ1) is 15.8. The Bertz CT molecular complexity index is 4030. The molecule has 0 aromatic heterocycles. The van der Waals surface area contributed by atoms with Gasteiger partial charge in [0.15, 0.2) is 0 Å². The van der Waals surface area contributed by atoms with Gasteiger partial charge in [0.25, 0.3) is 0 Å². The minimum absolute atomic E-state index is 0.00751. The predicted octanol–water partition coefficient (Wildman–Crippen LogP) is 14.1. The Balaban J connectivity index is 1.28. The summed E-state index contributed by atoms with van der Waals surface area (Å²) in [6.45, 7) is 0. The molecular weight excluding hydrogens is 601 g/mol. The molecule has 0 atom stereocenters. The normalized spacial score (nSPS) is 16.8. The van der Waals surface area contributed by atoms with Gasteiger partial charge in [0, 0.05) is 0 Å². The van der Waals surface area contributed by atoms with Gasteiger partial charge in [-0.2, -0.15) is 0 Å². The maximum Gasteiger partial charge on any atom is 0.0630 e. The van der Waals surface area contributed by atoms with Gasteiger partial charge in [-0.3, -0.25) is 0 Å². The molecule has 0 fully saturated rings. The van der Waals surface area contributed by atoms with Crippen LogP contribution in [0.4, 0.5) is 0 Å². The second-order valence-corrected chi connectivity index (χ2v) is 12.2. The summed E-state index contributed by atoms with van der Waals surface area (Å²) in [5, 5.41) is 0.0236. The van der Waals surface area contributed by atoms with Gasteiger partial charge >= 0.3 is 0 Å². The van der Waals surface area contributed by atoms with Crippen LogP contribution in [0.25, 0.3) is 109 Å². The monoisotopic (exact) mass is 647 g/mol. The molecule has 11 aromatic carbocycles. The van der Waals surface area contributed by atoms with Gasteiger partial charge in [-0.25, -0.2) is 0 Å². The molecule has 0 nitrogen and oxygen atoms in total. The summed E-state index contributed by atoms with van der Waals surface area (Å²) >= 11 is 0. The van der Waals surface area contributed by atoms with Gasteiger partial charge in [-0.15, -0.1) is 0 Å². The standard InChI is InChI=1S/C50H30/c1-2-8-31(9-3-1)40-25-24-38(30-46(40)43-27-21-37-19-17-33-11-7-13-35-23-29-45(43)50(37)48(33)35)39-14-4-5-15-41(39)42-26-20-36-18-16-32-10-6-12-34-22-28-44(42)49(36)47(32)34/h1-30H/i6D,7D,10D,11D,12D,13D,16D,17D,18D,19D,20D,21D,22D,23D,26D,27D,29D. The highest BCUT2D eigenvalue weighted by molar-refractivity contribution is 6.27. The predicted molar refractivity (Wildman–Crippen MR) is 216 cm³/mol. The Labute approximate surface area is 314 Å². The van der Waals surface area contributed by atoms with E-state index in [2.05, 4.69) is 0 Å². The Morgan fingerprint density at radius 1 is 0.280 bits per heavy atom. The second kappa shape index (κ2) is 10.5. The van der Waals surface area contributed by atoms with Gasteiger partial charge in [-0.1, -0.05) is 176 Å². The smallest absolute Gasteiger partial charge is 0.0622 e. The zero-order valence-electron chi connectivity index (χ0n) is 43.0. The lowest BCUT2D eigenvalue weighted by Crippen LogP contribution is -1.92. The van der Waals surface area contributed by atoms with Crippen molar-refractivity contribution in [3.8, 4) is 44.5 Å². The molecule has 0 saturated carbocycles. The fourth-order valence-corrected chi connectivity index (χ4v) is 7.36. The van der Waals surface area contributed by atoms with Crippen molar-refractivity contribution >= 4 is 64.6 Å². The van der Waals surface area contributed by atoms with E-state index < -0.39 is 84.6 Å². The van der Waals surface area contributed by atoms with Gasteiger partial charge in [-0.05, 0) is 115 Å². The van der Waals surface area contributed by atoms with Crippen molar-refractivity contribution in [1.29, 1.82) is 0 Å². The fourth-order valence-electron chi connectivity index (χ4n) is 7.36. The third-order valence-corrected chi connectivity index (χ3v) is 9.59. The Kier molecular flexibility index (Phi) is 3.32. The quantitative estimate of drug-likeness (QED) is 0.167. The minimum atomic E-state index is -0.570. The number of rotatable bonds is 4. The Morgan fingerprint density at radius 3 is 1.46 bits per heavy atom. The van der Waals surface area contributed by atoms with Crippen LogP contribution in [0, 0.1) is 0 Å². The van der Waals surface area contributed by atoms with Crippen molar-refractivity contribution in [1.82, 2.24) is 0 Å². The van der Waals surface area contributed by atoms with E-state index in [-0.39, 0.29) is 93.9 Å². The second-order valence-electron chi connectivity index (χ2n) is 12.2. The third-order valence-electron chi connectivity index (χ3n) is 9.59. The lowest BCUT2D eigenvalue weighted by Gasteiger charge is -2.19. The molecule has 0 aliphatic carbocycles. The van der Waals surface area contributed by atoms with Crippen LogP contribution in [-0.4, -0.2) is 0 Å². The summed E-state index contributed by atoms with van der Waals surface area (Å²) in [7, 11) is 0. The molecule has 0 unspecified atom stereocenters. The Hall–Kier alpha value is -6.50. The maximum absolute atomic E-state index is 9.65. The highest BCUT2D eigenvalue weighted by atomic mass is 14.2. The van der Waals surface area contributed by atoms with Crippen molar-refractivity contribution in [3.63, 3.8) is 0 Å².